The number of aryl methyl sites for hydroxylation is 1. The molecule has 4 N–H and O–H groups in total. The Kier molecular flexibility index (Phi) is 8.78. The van der Waals surface area contributed by atoms with E-state index in [0.717, 1.165) is 31.5 Å². The highest BCUT2D eigenvalue weighted by molar-refractivity contribution is 5.98. The summed E-state index contributed by atoms with van der Waals surface area (Å²) >= 11 is 0. The fourth-order valence-electron chi connectivity index (χ4n) is 3.51. The normalized spacial score (nSPS) is 14.6. The zero-order valence-electron chi connectivity index (χ0n) is 19.8. The molecule has 3 amide bonds. The van der Waals surface area contributed by atoms with Gasteiger partial charge in [-0.2, -0.15) is 0 Å². The Labute approximate surface area is 199 Å². The molecule has 1 saturated heterocycles. The number of rotatable bonds is 11. The van der Waals surface area contributed by atoms with Gasteiger partial charge in [0.1, 0.15) is 6.04 Å². The first kappa shape index (κ1) is 25.4. The number of nitrogens with zero attached hydrogens (tertiary/aromatic N) is 3. The summed E-state index contributed by atoms with van der Waals surface area (Å²) in [5.41, 5.74) is 5.68. The van der Waals surface area contributed by atoms with E-state index in [1.165, 1.54) is 0 Å². The van der Waals surface area contributed by atoms with Crippen LogP contribution in [0.5, 0.6) is 0 Å². The number of likely N-dealkylation sites (tertiary alicyclic amines) is 1. The first-order valence-electron chi connectivity index (χ1n) is 11.5. The van der Waals surface area contributed by atoms with Crippen molar-refractivity contribution in [3.8, 4) is 0 Å². The SMILES string of the molecule is CC(C)(N)C(=O)N[C@H](COCc1ccccc1)C(=O)Nc1cn(CCC(=O)N2CCCC2)cn1. The number of nitrogens with two attached hydrogens (primary N) is 1. The number of anilines is 1. The van der Waals surface area contributed by atoms with E-state index in [4.69, 9.17) is 10.5 Å². The van der Waals surface area contributed by atoms with Crippen molar-refractivity contribution in [2.75, 3.05) is 25.0 Å². The molecule has 0 spiro atoms. The molecule has 0 saturated carbocycles. The minimum atomic E-state index is -1.15. The molecule has 1 aromatic carbocycles. The summed E-state index contributed by atoms with van der Waals surface area (Å²) in [5.74, 6) is -0.488. The average Bonchev–Trinajstić information content (AvgIpc) is 3.49. The van der Waals surface area contributed by atoms with Crippen molar-refractivity contribution in [2.45, 2.75) is 57.8 Å². The standard InChI is InChI=1S/C24H34N6O4/c1-24(2,25)23(33)27-19(16-34-15-18-8-4-3-5-9-18)22(32)28-20-14-29(17-26-20)13-10-21(31)30-11-6-7-12-30/h3-5,8-9,14,17,19H,6-7,10-13,15-16,25H2,1-2H3,(H,27,33)(H,28,32)/t19-/m1/s1. The first-order valence-corrected chi connectivity index (χ1v) is 11.5. The number of imidazole rings is 1. The largest absolute Gasteiger partial charge is 0.374 e. The summed E-state index contributed by atoms with van der Waals surface area (Å²) in [6.45, 7) is 5.51. The van der Waals surface area contributed by atoms with Crippen molar-refractivity contribution in [1.82, 2.24) is 19.8 Å². The zero-order valence-corrected chi connectivity index (χ0v) is 19.8. The van der Waals surface area contributed by atoms with Crippen LogP contribution in [0.15, 0.2) is 42.9 Å². The number of amides is 3. The van der Waals surface area contributed by atoms with Crippen molar-refractivity contribution in [1.29, 1.82) is 0 Å². The third-order valence-corrected chi connectivity index (χ3v) is 5.53. The average molecular weight is 471 g/mol. The Morgan fingerprint density at radius 1 is 1.18 bits per heavy atom. The molecule has 0 bridgehead atoms. The number of nitrogens with one attached hydrogen (secondary N) is 2. The molecule has 1 aliphatic rings. The highest BCUT2D eigenvalue weighted by Crippen LogP contribution is 2.11. The molecule has 184 valence electrons. The topological polar surface area (TPSA) is 132 Å². The predicted octanol–water partition coefficient (Wildman–Crippen LogP) is 1.27. The number of carbonyl (C=O) groups excluding carboxylic acids is 3. The van der Waals surface area contributed by atoms with Gasteiger partial charge in [-0.15, -0.1) is 0 Å². The van der Waals surface area contributed by atoms with Gasteiger partial charge in [0, 0.05) is 32.3 Å². The second-order valence-electron chi connectivity index (χ2n) is 9.07. The van der Waals surface area contributed by atoms with Gasteiger partial charge in [0.2, 0.25) is 11.8 Å². The number of carbonyl (C=O) groups is 3. The van der Waals surface area contributed by atoms with E-state index in [-0.39, 0.29) is 12.5 Å². The molecule has 2 aromatic rings. The Morgan fingerprint density at radius 3 is 2.56 bits per heavy atom. The van der Waals surface area contributed by atoms with E-state index >= 15 is 0 Å². The molecule has 1 aliphatic heterocycles. The molecule has 34 heavy (non-hydrogen) atoms. The predicted molar refractivity (Wildman–Crippen MR) is 128 cm³/mol. The number of ether oxygens (including phenoxy) is 1. The maximum atomic E-state index is 12.9. The monoisotopic (exact) mass is 470 g/mol. The van der Waals surface area contributed by atoms with Gasteiger partial charge in [-0.1, -0.05) is 30.3 Å². The van der Waals surface area contributed by atoms with Crippen LogP contribution in [0.2, 0.25) is 0 Å². The molecule has 1 aromatic heterocycles. The number of hydrogen-bond acceptors (Lipinski definition) is 6. The van der Waals surface area contributed by atoms with Crippen molar-refractivity contribution >= 4 is 23.5 Å². The van der Waals surface area contributed by atoms with Gasteiger partial charge in [0.15, 0.2) is 5.82 Å². The Morgan fingerprint density at radius 2 is 1.88 bits per heavy atom. The number of aromatic nitrogens is 2. The molecule has 2 heterocycles. The molecular weight excluding hydrogens is 436 g/mol. The smallest absolute Gasteiger partial charge is 0.250 e. The lowest BCUT2D eigenvalue weighted by Gasteiger charge is -2.23. The molecule has 3 rings (SSSR count). The van der Waals surface area contributed by atoms with Crippen LogP contribution >= 0.6 is 0 Å². The zero-order chi connectivity index (χ0) is 24.6. The summed E-state index contributed by atoms with van der Waals surface area (Å²) in [7, 11) is 0. The van der Waals surface area contributed by atoms with E-state index in [2.05, 4.69) is 15.6 Å². The Bertz CT molecular complexity index is 963. The third kappa shape index (κ3) is 7.67. The lowest BCUT2D eigenvalue weighted by molar-refractivity contribution is -0.130. The first-order chi connectivity index (χ1) is 16.2. The molecular formula is C24H34N6O4. The number of benzene rings is 1. The minimum absolute atomic E-state index is 0.0341. The lowest BCUT2D eigenvalue weighted by Crippen LogP contribution is -2.56. The van der Waals surface area contributed by atoms with Gasteiger partial charge < -0.3 is 30.6 Å². The van der Waals surface area contributed by atoms with E-state index in [1.54, 1.807) is 30.9 Å². The number of hydrogen-bond donors (Lipinski definition) is 3. The third-order valence-electron chi connectivity index (χ3n) is 5.53. The lowest BCUT2D eigenvalue weighted by atomic mass is 10.1. The molecule has 10 heteroatoms. The summed E-state index contributed by atoms with van der Waals surface area (Å²) in [6.07, 6.45) is 5.71. The van der Waals surface area contributed by atoms with Crippen molar-refractivity contribution in [3.05, 3.63) is 48.4 Å². The highest BCUT2D eigenvalue weighted by Gasteiger charge is 2.28. The van der Waals surface area contributed by atoms with Crippen LogP contribution in [0.4, 0.5) is 5.82 Å². The van der Waals surface area contributed by atoms with E-state index < -0.39 is 23.4 Å². The van der Waals surface area contributed by atoms with Crippen molar-refractivity contribution in [2.24, 2.45) is 5.73 Å². The fraction of sp³-hybridized carbons (Fsp3) is 0.500. The fourth-order valence-corrected chi connectivity index (χ4v) is 3.51. The Balaban J connectivity index is 1.55. The van der Waals surface area contributed by atoms with Gasteiger partial charge in [-0.05, 0) is 32.3 Å². The van der Waals surface area contributed by atoms with Gasteiger partial charge in [0.25, 0.3) is 5.91 Å². The van der Waals surface area contributed by atoms with Crippen LogP contribution in [0.25, 0.3) is 0 Å². The van der Waals surface area contributed by atoms with Crippen LogP contribution in [0.1, 0.15) is 38.7 Å². The summed E-state index contributed by atoms with van der Waals surface area (Å²) in [4.78, 5) is 43.6. The van der Waals surface area contributed by atoms with Gasteiger partial charge in [0.05, 0.1) is 25.1 Å². The molecule has 0 aliphatic carbocycles. The van der Waals surface area contributed by atoms with Crippen molar-refractivity contribution in [3.63, 3.8) is 0 Å². The quantitative estimate of drug-likeness (QED) is 0.453. The van der Waals surface area contributed by atoms with Gasteiger partial charge in [-0.25, -0.2) is 4.98 Å². The molecule has 1 atom stereocenters. The summed E-state index contributed by atoms with van der Waals surface area (Å²) in [6, 6.07) is 8.58. The maximum absolute atomic E-state index is 12.9. The van der Waals surface area contributed by atoms with Gasteiger partial charge in [-0.3, -0.25) is 14.4 Å². The maximum Gasteiger partial charge on any atom is 0.250 e. The van der Waals surface area contributed by atoms with E-state index in [9.17, 15) is 14.4 Å². The molecule has 0 radical (unpaired) electrons. The summed E-state index contributed by atoms with van der Waals surface area (Å²) < 4.78 is 7.44. The second kappa shape index (κ2) is 11.8. The molecule has 0 unspecified atom stereocenters. The van der Waals surface area contributed by atoms with Crippen LogP contribution in [-0.4, -0.2) is 63.4 Å². The van der Waals surface area contributed by atoms with Crippen LogP contribution in [0, 0.1) is 0 Å². The van der Waals surface area contributed by atoms with E-state index in [1.807, 2.05) is 35.2 Å². The second-order valence-corrected chi connectivity index (χ2v) is 9.07. The minimum Gasteiger partial charge on any atom is -0.374 e. The summed E-state index contributed by atoms with van der Waals surface area (Å²) in [5, 5.41) is 5.36. The van der Waals surface area contributed by atoms with Crippen molar-refractivity contribution < 1.29 is 19.1 Å². The van der Waals surface area contributed by atoms with E-state index in [0.29, 0.717) is 25.4 Å². The van der Waals surface area contributed by atoms with Crippen LogP contribution in [-0.2, 0) is 32.3 Å². The Hall–Kier alpha value is -3.24. The molecule has 10 nitrogen and oxygen atoms in total. The van der Waals surface area contributed by atoms with Crippen LogP contribution < -0.4 is 16.4 Å². The van der Waals surface area contributed by atoms with Gasteiger partial charge >= 0.3 is 0 Å². The highest BCUT2D eigenvalue weighted by atomic mass is 16.5. The van der Waals surface area contributed by atoms with Crippen LogP contribution in [0.3, 0.4) is 0 Å². The molecule has 1 fully saturated rings.